The lowest BCUT2D eigenvalue weighted by atomic mass is 10.1. The maximum absolute atomic E-state index is 12.7. The van der Waals surface area contributed by atoms with Gasteiger partial charge in [-0.1, -0.05) is 31.0 Å². The predicted octanol–water partition coefficient (Wildman–Crippen LogP) is 4.78. The molecule has 0 saturated carbocycles. The van der Waals surface area contributed by atoms with Gasteiger partial charge in [0.1, 0.15) is 12.1 Å². The number of alkyl halides is 3. The van der Waals surface area contributed by atoms with Gasteiger partial charge in [-0.3, -0.25) is 10.2 Å². The van der Waals surface area contributed by atoms with Gasteiger partial charge in [-0.15, -0.1) is 13.2 Å². The van der Waals surface area contributed by atoms with Gasteiger partial charge in [0.25, 0.3) is 5.56 Å². The lowest BCUT2D eigenvalue weighted by Gasteiger charge is -2.14. The van der Waals surface area contributed by atoms with Crippen molar-refractivity contribution in [2.24, 2.45) is 0 Å². The molecular formula is C18H15ClF3N3O2. The quantitative estimate of drug-likeness (QED) is 0.673. The van der Waals surface area contributed by atoms with Gasteiger partial charge in [-0.2, -0.15) is 0 Å². The minimum absolute atomic E-state index is 0.00850. The molecule has 9 heteroatoms. The van der Waals surface area contributed by atoms with Crippen LogP contribution in [0.15, 0.2) is 47.5 Å². The summed E-state index contributed by atoms with van der Waals surface area (Å²) in [5, 5.41) is 0.478. The van der Waals surface area contributed by atoms with Crippen molar-refractivity contribution in [2.75, 3.05) is 5.43 Å². The highest BCUT2D eigenvalue weighted by Crippen LogP contribution is 2.25. The van der Waals surface area contributed by atoms with Crippen LogP contribution in [-0.4, -0.2) is 16.0 Å². The molecule has 0 bridgehead atoms. The van der Waals surface area contributed by atoms with Gasteiger partial charge in [0.15, 0.2) is 0 Å². The highest BCUT2D eigenvalue weighted by Gasteiger charge is 2.31. The van der Waals surface area contributed by atoms with Crippen molar-refractivity contribution >= 4 is 28.2 Å². The summed E-state index contributed by atoms with van der Waals surface area (Å²) in [5.41, 5.74) is 4.19. The number of nitrogens with one attached hydrogen (secondary N) is 1. The number of aromatic nitrogens is 2. The molecule has 0 atom stereocenters. The molecule has 1 heterocycles. The molecule has 0 radical (unpaired) electrons. The molecule has 2 aromatic carbocycles. The predicted molar refractivity (Wildman–Crippen MR) is 97.2 cm³/mol. The molecule has 1 N–H and O–H groups in total. The number of ether oxygens (including phenoxy) is 1. The monoisotopic (exact) mass is 397 g/mol. The molecule has 0 aliphatic heterocycles. The Morgan fingerprint density at radius 2 is 2.00 bits per heavy atom. The Balaban J connectivity index is 2.02. The zero-order valence-corrected chi connectivity index (χ0v) is 14.9. The average molecular weight is 398 g/mol. The lowest BCUT2D eigenvalue weighted by Crippen LogP contribution is -2.27. The van der Waals surface area contributed by atoms with E-state index in [1.807, 2.05) is 13.0 Å². The van der Waals surface area contributed by atoms with E-state index in [9.17, 15) is 18.0 Å². The molecule has 0 unspecified atom stereocenters. The van der Waals surface area contributed by atoms with Crippen LogP contribution in [0.3, 0.4) is 0 Å². The van der Waals surface area contributed by atoms with Crippen LogP contribution in [0.5, 0.6) is 5.75 Å². The largest absolute Gasteiger partial charge is 0.573 e. The highest BCUT2D eigenvalue weighted by atomic mass is 35.5. The summed E-state index contributed by atoms with van der Waals surface area (Å²) < 4.78 is 42.2. The van der Waals surface area contributed by atoms with Crippen molar-refractivity contribution in [3.8, 4) is 5.75 Å². The Kier molecular flexibility index (Phi) is 5.27. The Morgan fingerprint density at radius 3 is 2.70 bits per heavy atom. The van der Waals surface area contributed by atoms with Crippen LogP contribution in [0.1, 0.15) is 18.9 Å². The van der Waals surface area contributed by atoms with Crippen LogP contribution >= 0.6 is 11.6 Å². The van der Waals surface area contributed by atoms with Gasteiger partial charge in [0, 0.05) is 5.02 Å². The van der Waals surface area contributed by atoms with Gasteiger partial charge in [-0.25, -0.2) is 9.66 Å². The molecule has 0 spiro atoms. The van der Waals surface area contributed by atoms with Crippen molar-refractivity contribution < 1.29 is 17.9 Å². The normalized spacial score (nSPS) is 11.6. The third-order valence-electron chi connectivity index (χ3n) is 3.80. The first-order chi connectivity index (χ1) is 12.8. The van der Waals surface area contributed by atoms with E-state index in [1.165, 1.54) is 12.4 Å². The fourth-order valence-corrected chi connectivity index (χ4v) is 2.82. The van der Waals surface area contributed by atoms with Crippen LogP contribution in [-0.2, 0) is 6.42 Å². The summed E-state index contributed by atoms with van der Waals surface area (Å²) in [6.07, 6.45) is -1.92. The smallest absolute Gasteiger partial charge is 0.406 e. The Labute approximate surface area is 157 Å². The van der Waals surface area contributed by atoms with Gasteiger partial charge in [0.2, 0.25) is 0 Å². The number of anilines is 1. The standard InChI is InChI=1S/C18H15ClF3N3O2/c1-2-3-11-4-5-12(19)8-16(11)24-25-10-23-15-7-6-13(27-18(20,21)22)9-14(15)17(25)26/h4-10,24H,2-3H2,1H3. The molecule has 0 amide bonds. The Bertz CT molecular complexity index is 1030. The fourth-order valence-electron chi connectivity index (χ4n) is 2.65. The molecule has 0 fully saturated rings. The molecule has 5 nitrogen and oxygen atoms in total. The van der Waals surface area contributed by atoms with E-state index in [1.54, 1.807) is 12.1 Å². The number of hydrogen-bond acceptors (Lipinski definition) is 4. The van der Waals surface area contributed by atoms with E-state index in [-0.39, 0.29) is 10.9 Å². The minimum atomic E-state index is -4.84. The van der Waals surface area contributed by atoms with E-state index in [0.717, 1.165) is 35.2 Å². The van der Waals surface area contributed by atoms with Gasteiger partial charge in [0.05, 0.1) is 16.6 Å². The maximum Gasteiger partial charge on any atom is 0.573 e. The van der Waals surface area contributed by atoms with Crippen LogP contribution in [0.2, 0.25) is 5.02 Å². The Morgan fingerprint density at radius 1 is 1.22 bits per heavy atom. The van der Waals surface area contributed by atoms with Crippen LogP contribution in [0.4, 0.5) is 18.9 Å². The first kappa shape index (κ1) is 19.0. The molecule has 0 saturated heterocycles. The third kappa shape index (κ3) is 4.51. The summed E-state index contributed by atoms with van der Waals surface area (Å²) in [7, 11) is 0. The molecule has 3 rings (SSSR count). The topological polar surface area (TPSA) is 56.1 Å². The van der Waals surface area contributed by atoms with Crippen molar-refractivity contribution in [2.45, 2.75) is 26.1 Å². The Hall–Kier alpha value is -2.74. The summed E-state index contributed by atoms with van der Waals surface area (Å²) in [6, 6.07) is 8.69. The molecule has 0 aliphatic rings. The highest BCUT2D eigenvalue weighted by molar-refractivity contribution is 6.30. The second kappa shape index (κ2) is 7.48. The molecular weight excluding hydrogens is 383 g/mol. The number of aryl methyl sites for hydroxylation is 1. The molecule has 1 aromatic heterocycles. The summed E-state index contributed by atoms with van der Waals surface area (Å²) in [4.78, 5) is 16.8. The number of fused-ring (bicyclic) bond motifs is 1. The zero-order valence-electron chi connectivity index (χ0n) is 14.2. The molecule has 27 heavy (non-hydrogen) atoms. The maximum atomic E-state index is 12.7. The van der Waals surface area contributed by atoms with Crippen molar-refractivity contribution in [3.05, 3.63) is 63.7 Å². The number of hydrogen-bond donors (Lipinski definition) is 1. The number of benzene rings is 2. The van der Waals surface area contributed by atoms with E-state index in [4.69, 9.17) is 11.6 Å². The number of nitrogens with zero attached hydrogens (tertiary/aromatic N) is 2. The van der Waals surface area contributed by atoms with Gasteiger partial charge in [-0.05, 0) is 42.3 Å². The number of halogens is 4. The van der Waals surface area contributed by atoms with E-state index in [2.05, 4.69) is 15.1 Å². The van der Waals surface area contributed by atoms with Crippen LogP contribution < -0.4 is 15.7 Å². The minimum Gasteiger partial charge on any atom is -0.406 e. The summed E-state index contributed by atoms with van der Waals surface area (Å²) in [5.74, 6) is -0.485. The average Bonchev–Trinajstić information content (AvgIpc) is 2.59. The first-order valence-corrected chi connectivity index (χ1v) is 8.47. The van der Waals surface area contributed by atoms with E-state index >= 15 is 0 Å². The van der Waals surface area contributed by atoms with Crippen LogP contribution in [0.25, 0.3) is 10.9 Å². The second-order valence-electron chi connectivity index (χ2n) is 5.81. The summed E-state index contributed by atoms with van der Waals surface area (Å²) in [6.45, 7) is 2.02. The molecule has 142 valence electrons. The van der Waals surface area contributed by atoms with E-state index in [0.29, 0.717) is 10.7 Å². The van der Waals surface area contributed by atoms with Crippen molar-refractivity contribution in [3.63, 3.8) is 0 Å². The third-order valence-corrected chi connectivity index (χ3v) is 4.03. The fraction of sp³-hybridized carbons (Fsp3) is 0.222. The first-order valence-electron chi connectivity index (χ1n) is 8.09. The van der Waals surface area contributed by atoms with Crippen molar-refractivity contribution in [1.29, 1.82) is 0 Å². The molecule has 0 aliphatic carbocycles. The summed E-state index contributed by atoms with van der Waals surface area (Å²) >= 11 is 6.03. The van der Waals surface area contributed by atoms with Crippen molar-refractivity contribution in [1.82, 2.24) is 9.66 Å². The lowest BCUT2D eigenvalue weighted by molar-refractivity contribution is -0.274. The zero-order chi connectivity index (χ0) is 19.6. The second-order valence-corrected chi connectivity index (χ2v) is 6.25. The molecule has 3 aromatic rings. The van der Waals surface area contributed by atoms with E-state index < -0.39 is 17.7 Å². The van der Waals surface area contributed by atoms with Crippen LogP contribution in [0, 0.1) is 0 Å². The number of rotatable bonds is 5. The van der Waals surface area contributed by atoms with Gasteiger partial charge < -0.3 is 4.74 Å². The van der Waals surface area contributed by atoms with Gasteiger partial charge >= 0.3 is 6.36 Å². The SMILES string of the molecule is CCCc1ccc(Cl)cc1Nn1cnc2ccc(OC(F)(F)F)cc2c1=O.